The molecule has 2 aromatic carbocycles. The summed E-state index contributed by atoms with van der Waals surface area (Å²) in [6.45, 7) is 7.33. The van der Waals surface area contributed by atoms with Crippen LogP contribution in [0.4, 0.5) is 19.0 Å². The molecule has 8 rings (SSSR count). The number of alkyl halides is 1. The molecule has 3 atom stereocenters. The maximum Gasteiger partial charge on any atom is 0.319 e. The van der Waals surface area contributed by atoms with Crippen LogP contribution in [0.25, 0.3) is 39.0 Å². The van der Waals surface area contributed by atoms with Gasteiger partial charge in [0.15, 0.2) is 5.82 Å². The van der Waals surface area contributed by atoms with E-state index in [1.165, 1.54) is 18.3 Å². The van der Waals surface area contributed by atoms with Gasteiger partial charge in [-0.05, 0) is 74.7 Å². The molecule has 55 heavy (non-hydrogen) atoms. The van der Waals surface area contributed by atoms with Crippen molar-refractivity contribution in [2.45, 2.75) is 64.2 Å². The van der Waals surface area contributed by atoms with Gasteiger partial charge >= 0.3 is 6.01 Å². The number of ether oxygens (including phenoxy) is 1. The average molecular weight is 748 g/mol. The lowest BCUT2D eigenvalue weighted by molar-refractivity contribution is -0.128. The molecule has 0 aliphatic carbocycles. The number of halogens is 3. The van der Waals surface area contributed by atoms with E-state index in [2.05, 4.69) is 30.9 Å². The molecule has 3 saturated heterocycles. The number of aryl methyl sites for hydroxylation is 3. The van der Waals surface area contributed by atoms with Crippen LogP contribution in [0, 0.1) is 43.7 Å². The van der Waals surface area contributed by atoms with Crippen molar-refractivity contribution in [3.63, 3.8) is 0 Å². The first-order valence-corrected chi connectivity index (χ1v) is 18.5. The molecule has 0 unspecified atom stereocenters. The van der Waals surface area contributed by atoms with Crippen LogP contribution >= 0.6 is 0 Å². The van der Waals surface area contributed by atoms with Gasteiger partial charge in [0.05, 0.1) is 35.2 Å². The number of hydrogen-bond donors (Lipinski definition) is 0. The second-order valence-corrected chi connectivity index (χ2v) is 14.8. The summed E-state index contributed by atoms with van der Waals surface area (Å²) in [6, 6.07) is 11.8. The fourth-order valence-corrected chi connectivity index (χ4v) is 8.60. The van der Waals surface area contributed by atoms with E-state index in [0.29, 0.717) is 58.7 Å². The Hall–Kier alpha value is -5.68. The highest BCUT2D eigenvalue weighted by Crippen LogP contribution is 2.41. The molecule has 14 heteroatoms. The fraction of sp³-hybridized carbons (Fsp3) is 0.390. The molecule has 0 N–H and O–H groups in total. The Balaban J connectivity index is 1.17. The van der Waals surface area contributed by atoms with E-state index in [1.54, 1.807) is 49.1 Å². The molecule has 6 heterocycles. The molecule has 11 nitrogen and oxygen atoms in total. The number of aromatic nitrogens is 5. The SMILES string of the molecule is Cc1cc(/C=C/C(=O)N2CCN(c3nc(OC[C@@]45CCCN4C[C@H](F)C5)nc4c(F)c(-c5cccc6ccc(F)c(C)c56)ncc34)C[C@@H]2CC#N)nc(C)n1. The number of nitriles is 1. The lowest BCUT2D eigenvalue weighted by Gasteiger charge is -2.41. The molecule has 0 bridgehead atoms. The van der Waals surface area contributed by atoms with Crippen molar-refractivity contribution < 1.29 is 22.7 Å². The summed E-state index contributed by atoms with van der Waals surface area (Å²) in [5.74, 6) is -0.477. The Kier molecular flexibility index (Phi) is 9.58. The van der Waals surface area contributed by atoms with E-state index < -0.39 is 29.4 Å². The molecule has 3 aliphatic rings. The molecule has 1 amide bonds. The average Bonchev–Trinajstić information content (AvgIpc) is 3.69. The van der Waals surface area contributed by atoms with Crippen LogP contribution in [-0.4, -0.2) is 97.7 Å². The second kappa shape index (κ2) is 14.5. The predicted octanol–water partition coefficient (Wildman–Crippen LogP) is 6.44. The van der Waals surface area contributed by atoms with Crippen LogP contribution in [0.5, 0.6) is 6.01 Å². The molecule has 0 radical (unpaired) electrons. The highest BCUT2D eigenvalue weighted by molar-refractivity contribution is 6.01. The van der Waals surface area contributed by atoms with Crippen LogP contribution in [0.1, 0.15) is 48.5 Å². The van der Waals surface area contributed by atoms with Crippen molar-refractivity contribution in [3.8, 4) is 23.3 Å². The Morgan fingerprint density at radius 1 is 1.07 bits per heavy atom. The van der Waals surface area contributed by atoms with Crippen LogP contribution in [0.2, 0.25) is 0 Å². The highest BCUT2D eigenvalue weighted by atomic mass is 19.1. The van der Waals surface area contributed by atoms with Gasteiger partial charge in [-0.15, -0.1) is 0 Å². The van der Waals surface area contributed by atoms with Crippen molar-refractivity contribution >= 4 is 39.5 Å². The van der Waals surface area contributed by atoms with E-state index >= 15 is 4.39 Å². The molecule has 3 aromatic heterocycles. The Labute approximate surface area is 316 Å². The van der Waals surface area contributed by atoms with Crippen LogP contribution < -0.4 is 9.64 Å². The van der Waals surface area contributed by atoms with Gasteiger partial charge in [-0.25, -0.2) is 23.1 Å². The number of amides is 1. The van der Waals surface area contributed by atoms with Gasteiger partial charge in [-0.1, -0.05) is 24.3 Å². The van der Waals surface area contributed by atoms with E-state index in [9.17, 15) is 18.8 Å². The van der Waals surface area contributed by atoms with E-state index in [0.717, 1.165) is 30.5 Å². The number of nitrogens with zero attached hydrogens (tertiary/aromatic N) is 9. The smallest absolute Gasteiger partial charge is 0.319 e. The molecule has 3 aliphatic heterocycles. The minimum Gasteiger partial charge on any atom is -0.461 e. The molecule has 5 aromatic rings. The van der Waals surface area contributed by atoms with Crippen molar-refractivity contribution in [3.05, 3.63) is 83.1 Å². The number of benzene rings is 2. The standard InChI is InChI=1S/C41H40F3N9O2/c1-24-18-29(48-26(3)47-24)9-11-34(54)53-17-16-51(22-30(53)12-14-45)39-32-20-46-37(31-7-4-6-27-8-10-33(43)25(2)35(27)31)36(44)38(32)49-40(50-39)55-23-41-13-5-15-52(41)21-28(42)19-41/h4,6-11,18,20,28,30H,5,12-13,15-17,19,21-23H2,1-3H3/b11-9+/t28-,30+,41+/m1/s1. The molecule has 0 spiro atoms. The Bertz CT molecular complexity index is 2380. The minimum atomic E-state index is -0.961. The van der Waals surface area contributed by atoms with E-state index in [1.807, 2.05) is 17.9 Å². The zero-order chi connectivity index (χ0) is 38.4. The summed E-state index contributed by atoms with van der Waals surface area (Å²) in [5, 5.41) is 11.4. The van der Waals surface area contributed by atoms with Crippen molar-refractivity contribution in [2.75, 3.05) is 44.2 Å². The highest BCUT2D eigenvalue weighted by Gasteiger charge is 2.49. The number of fused-ring (bicyclic) bond motifs is 3. The number of hydrogen-bond acceptors (Lipinski definition) is 10. The number of piperazine rings is 1. The van der Waals surface area contributed by atoms with Crippen LogP contribution in [0.15, 0.2) is 48.7 Å². The lowest BCUT2D eigenvalue weighted by Crippen LogP contribution is -2.55. The topological polar surface area (TPSA) is 124 Å². The number of carbonyl (C=O) groups is 1. The molecule has 0 saturated carbocycles. The monoisotopic (exact) mass is 747 g/mol. The first kappa shape index (κ1) is 36.3. The normalized spacial score (nSPS) is 21.5. The molecular formula is C41H40F3N9O2. The summed E-state index contributed by atoms with van der Waals surface area (Å²) in [5.41, 5.74) is 1.64. The largest absolute Gasteiger partial charge is 0.461 e. The van der Waals surface area contributed by atoms with E-state index in [-0.39, 0.29) is 49.2 Å². The lowest BCUT2D eigenvalue weighted by atomic mass is 9.95. The predicted molar refractivity (Wildman–Crippen MR) is 202 cm³/mol. The third kappa shape index (κ3) is 6.82. The van der Waals surface area contributed by atoms with Crippen LogP contribution in [0.3, 0.4) is 0 Å². The number of pyridine rings is 1. The van der Waals surface area contributed by atoms with Gasteiger partial charge < -0.3 is 14.5 Å². The number of anilines is 1. The quantitative estimate of drug-likeness (QED) is 0.164. The van der Waals surface area contributed by atoms with Gasteiger partial charge in [-0.2, -0.15) is 15.2 Å². The van der Waals surface area contributed by atoms with E-state index in [4.69, 9.17) is 9.72 Å². The fourth-order valence-electron chi connectivity index (χ4n) is 8.60. The van der Waals surface area contributed by atoms with Gasteiger partial charge in [0, 0.05) is 56.1 Å². The summed E-state index contributed by atoms with van der Waals surface area (Å²) < 4.78 is 52.7. The first-order valence-electron chi connectivity index (χ1n) is 18.5. The van der Waals surface area contributed by atoms with Crippen LogP contribution in [-0.2, 0) is 4.79 Å². The Morgan fingerprint density at radius 3 is 2.75 bits per heavy atom. The zero-order valence-corrected chi connectivity index (χ0v) is 30.9. The minimum absolute atomic E-state index is 0.00217. The summed E-state index contributed by atoms with van der Waals surface area (Å²) in [6.07, 6.45) is 5.71. The number of carbonyl (C=O) groups excluding carboxylic acids is 1. The first-order chi connectivity index (χ1) is 26.5. The molecular weight excluding hydrogens is 708 g/mol. The third-order valence-electron chi connectivity index (χ3n) is 11.1. The molecule has 282 valence electrons. The summed E-state index contributed by atoms with van der Waals surface area (Å²) in [7, 11) is 0. The maximum atomic E-state index is 17.0. The molecule has 3 fully saturated rings. The van der Waals surface area contributed by atoms with Gasteiger partial charge in [0.2, 0.25) is 5.91 Å². The summed E-state index contributed by atoms with van der Waals surface area (Å²) >= 11 is 0. The van der Waals surface area contributed by atoms with Gasteiger partial charge in [0.25, 0.3) is 0 Å². The Morgan fingerprint density at radius 2 is 1.93 bits per heavy atom. The van der Waals surface area contributed by atoms with Crippen molar-refractivity contribution in [1.29, 1.82) is 5.26 Å². The van der Waals surface area contributed by atoms with Gasteiger partial charge in [-0.3, -0.25) is 14.7 Å². The van der Waals surface area contributed by atoms with Crippen molar-refractivity contribution in [1.82, 2.24) is 34.7 Å². The van der Waals surface area contributed by atoms with Gasteiger partial charge in [0.1, 0.15) is 41.4 Å². The second-order valence-electron chi connectivity index (χ2n) is 14.8. The number of rotatable bonds is 8. The third-order valence-corrected chi connectivity index (χ3v) is 11.1. The maximum absolute atomic E-state index is 17.0. The summed E-state index contributed by atoms with van der Waals surface area (Å²) in [4.78, 5) is 41.8. The van der Waals surface area contributed by atoms with Crippen molar-refractivity contribution in [2.24, 2.45) is 0 Å². The zero-order valence-electron chi connectivity index (χ0n) is 30.9.